The number of aryl methyl sites for hydroxylation is 1. The summed E-state index contributed by atoms with van der Waals surface area (Å²) >= 11 is 0. The van der Waals surface area contributed by atoms with Crippen molar-refractivity contribution in [1.29, 1.82) is 0 Å². The van der Waals surface area contributed by atoms with Crippen LogP contribution >= 0.6 is 0 Å². The molecule has 8 nitrogen and oxygen atoms in total. The molecule has 1 amide bonds. The molecule has 0 spiro atoms. The second-order valence-electron chi connectivity index (χ2n) is 9.09. The third-order valence-electron chi connectivity index (χ3n) is 5.64. The fraction of sp³-hybridized carbons (Fsp3) is 0.458. The number of carbonyl (C=O) groups is 1. The number of nitrogens with two attached hydrogens (primary N) is 1. The number of hydrogen-bond acceptors (Lipinski definition) is 7. The summed E-state index contributed by atoms with van der Waals surface area (Å²) in [5, 5.41) is 33.4. The van der Waals surface area contributed by atoms with Crippen molar-refractivity contribution >= 4 is 23.0 Å². The minimum atomic E-state index is -0.286. The van der Waals surface area contributed by atoms with Crippen molar-refractivity contribution in [2.45, 2.75) is 39.0 Å². The van der Waals surface area contributed by atoms with Gasteiger partial charge in [0, 0.05) is 25.1 Å². The molecule has 3 rings (SSSR count). The smallest absolute Gasteiger partial charge is 0.223 e. The van der Waals surface area contributed by atoms with Gasteiger partial charge in [-0.3, -0.25) is 14.8 Å². The molecule has 5 N–H and O–H groups in total. The Kier molecular flexibility index (Phi) is 7.16. The molecule has 1 saturated heterocycles. The van der Waals surface area contributed by atoms with E-state index in [1.807, 2.05) is 67.2 Å². The van der Waals surface area contributed by atoms with E-state index in [4.69, 9.17) is 5.73 Å². The van der Waals surface area contributed by atoms with Crippen LogP contribution in [0, 0.1) is 0 Å². The van der Waals surface area contributed by atoms with Gasteiger partial charge in [-0.05, 0) is 35.6 Å². The number of hydrogen-bond donors (Lipinski definition) is 4. The Morgan fingerprint density at radius 1 is 1.06 bits per heavy atom. The predicted molar refractivity (Wildman–Crippen MR) is 127 cm³/mol. The van der Waals surface area contributed by atoms with E-state index < -0.39 is 0 Å². The normalized spacial score (nSPS) is 13.4. The Hall–Kier alpha value is -2.97. The maximum Gasteiger partial charge on any atom is 0.223 e. The average molecular weight is 443 g/mol. The molecule has 1 fully saturated rings. The number of carbonyl (C=O) groups excluding carboxylic acids is 1. The lowest BCUT2D eigenvalue weighted by atomic mass is 9.84. The second kappa shape index (κ2) is 9.67. The van der Waals surface area contributed by atoms with Crippen LogP contribution < -0.4 is 15.8 Å². The molecular formula is C24H34N4O4. The van der Waals surface area contributed by atoms with Crippen molar-refractivity contribution in [2.75, 3.05) is 48.7 Å². The first-order chi connectivity index (χ1) is 15.2. The van der Waals surface area contributed by atoms with Crippen molar-refractivity contribution in [3.05, 3.63) is 47.5 Å². The van der Waals surface area contributed by atoms with Gasteiger partial charge in [-0.2, -0.15) is 0 Å². The molecule has 0 unspecified atom stereocenters. The Bertz CT molecular complexity index is 952. The van der Waals surface area contributed by atoms with E-state index in [1.54, 1.807) is 0 Å². The quantitative estimate of drug-likeness (QED) is 0.348. The lowest BCUT2D eigenvalue weighted by molar-refractivity contribution is -0.132. The topological polar surface area (TPSA) is 113 Å². The number of aliphatic hydroxyl groups excluding tert-OH is 2. The number of aromatic hydroxyl groups is 1. The Morgan fingerprint density at radius 2 is 1.69 bits per heavy atom. The first-order valence-corrected chi connectivity index (χ1v) is 10.9. The van der Waals surface area contributed by atoms with Gasteiger partial charge in [0.1, 0.15) is 18.1 Å². The zero-order valence-corrected chi connectivity index (χ0v) is 19.1. The molecule has 2 aromatic rings. The average Bonchev–Trinajstić information content (AvgIpc) is 3.52. The molecule has 174 valence electrons. The zero-order valence-electron chi connectivity index (χ0n) is 19.1. The number of nitrogen functional groups attached to an aromatic ring is 1. The number of phenols is 1. The number of aliphatic hydroxyl groups is 2. The number of anilines is 3. The van der Waals surface area contributed by atoms with Gasteiger partial charge in [0.15, 0.2) is 0 Å². The number of benzene rings is 2. The summed E-state index contributed by atoms with van der Waals surface area (Å²) in [6.45, 7) is 6.85. The van der Waals surface area contributed by atoms with Crippen LogP contribution in [0.3, 0.4) is 0 Å². The maximum atomic E-state index is 12.6. The van der Waals surface area contributed by atoms with Crippen LogP contribution in [-0.4, -0.2) is 59.1 Å². The Morgan fingerprint density at radius 3 is 2.28 bits per heavy atom. The first-order valence-electron chi connectivity index (χ1n) is 10.9. The van der Waals surface area contributed by atoms with Crippen LogP contribution in [0.1, 0.15) is 38.3 Å². The lowest BCUT2D eigenvalue weighted by Crippen LogP contribution is -2.36. The molecular weight excluding hydrogens is 408 g/mol. The summed E-state index contributed by atoms with van der Waals surface area (Å²) in [5.74, 6) is 0.109. The maximum absolute atomic E-state index is 12.6. The first kappa shape index (κ1) is 23.7. The van der Waals surface area contributed by atoms with Crippen LogP contribution in [0.5, 0.6) is 5.75 Å². The van der Waals surface area contributed by atoms with Crippen molar-refractivity contribution in [3.8, 4) is 5.75 Å². The molecule has 1 aliphatic heterocycles. The van der Waals surface area contributed by atoms with E-state index in [2.05, 4.69) is 0 Å². The largest absolute Gasteiger partial charge is 0.505 e. The highest BCUT2D eigenvalue weighted by Crippen LogP contribution is 2.44. The van der Waals surface area contributed by atoms with Gasteiger partial charge in [0.05, 0.1) is 24.6 Å². The summed E-state index contributed by atoms with van der Waals surface area (Å²) in [4.78, 5) is 14.0. The molecule has 0 atom stereocenters. The molecule has 0 aromatic heterocycles. The fourth-order valence-electron chi connectivity index (χ4n) is 3.84. The van der Waals surface area contributed by atoms with Gasteiger partial charge in [-0.1, -0.05) is 39.0 Å². The summed E-state index contributed by atoms with van der Waals surface area (Å²) in [7, 11) is 0. The Balaban J connectivity index is 1.85. The van der Waals surface area contributed by atoms with Crippen LogP contribution in [0.15, 0.2) is 36.4 Å². The van der Waals surface area contributed by atoms with Crippen LogP contribution in [0.4, 0.5) is 17.1 Å². The molecule has 0 saturated carbocycles. The molecule has 0 bridgehead atoms. The number of amides is 1. The number of hydrazine groups is 1. The van der Waals surface area contributed by atoms with E-state index >= 15 is 0 Å². The van der Waals surface area contributed by atoms with Gasteiger partial charge in [0.25, 0.3) is 0 Å². The molecule has 0 aliphatic carbocycles. The molecule has 2 aromatic carbocycles. The number of nitrogens with zero attached hydrogens (tertiary/aromatic N) is 3. The highest BCUT2D eigenvalue weighted by molar-refractivity contribution is 5.79. The van der Waals surface area contributed by atoms with E-state index in [0.717, 1.165) is 16.8 Å². The highest BCUT2D eigenvalue weighted by Gasteiger charge is 2.36. The van der Waals surface area contributed by atoms with Crippen molar-refractivity contribution in [2.24, 2.45) is 0 Å². The molecule has 1 aliphatic rings. The fourth-order valence-corrected chi connectivity index (χ4v) is 3.84. The molecule has 0 radical (unpaired) electrons. The summed E-state index contributed by atoms with van der Waals surface area (Å²) in [5.41, 5.74) is 9.82. The predicted octanol–water partition coefficient (Wildman–Crippen LogP) is 2.22. The third-order valence-corrected chi connectivity index (χ3v) is 5.64. The monoisotopic (exact) mass is 442 g/mol. The standard InChI is InChI=1S/C24H34N4O4/c1-24(2,3)18-14-17(8-9-22(31)26(10-12-29)11-13-30)15-21(23(18)32)28-16-27(28)20-7-5-4-6-19(20)25/h4-7,14-15,29-30,32H,8-13,16,25H2,1-3H3. The summed E-state index contributed by atoms with van der Waals surface area (Å²) in [6.07, 6.45) is 0.743. The van der Waals surface area contributed by atoms with E-state index in [0.29, 0.717) is 24.5 Å². The summed E-state index contributed by atoms with van der Waals surface area (Å²) < 4.78 is 0. The van der Waals surface area contributed by atoms with E-state index in [9.17, 15) is 20.1 Å². The van der Waals surface area contributed by atoms with Crippen molar-refractivity contribution in [3.63, 3.8) is 0 Å². The van der Waals surface area contributed by atoms with Gasteiger partial charge >= 0.3 is 0 Å². The molecule has 1 heterocycles. The minimum absolute atomic E-state index is 0.120. The van der Waals surface area contributed by atoms with Crippen LogP contribution in [0.25, 0.3) is 0 Å². The van der Waals surface area contributed by atoms with Crippen LogP contribution in [-0.2, 0) is 16.6 Å². The lowest BCUT2D eigenvalue weighted by Gasteiger charge is -2.24. The van der Waals surface area contributed by atoms with E-state index in [1.165, 1.54) is 4.90 Å². The number of rotatable bonds is 9. The highest BCUT2D eigenvalue weighted by atomic mass is 16.3. The summed E-state index contributed by atoms with van der Waals surface area (Å²) in [6, 6.07) is 11.5. The van der Waals surface area contributed by atoms with Crippen molar-refractivity contribution in [1.82, 2.24) is 4.90 Å². The zero-order chi connectivity index (χ0) is 23.5. The van der Waals surface area contributed by atoms with Gasteiger partial charge in [0.2, 0.25) is 5.91 Å². The number of phenolic OH excluding ortho intramolecular Hbond substituents is 1. The van der Waals surface area contributed by atoms with Gasteiger partial charge in [-0.15, -0.1) is 0 Å². The molecule has 8 heteroatoms. The number of para-hydroxylation sites is 2. The van der Waals surface area contributed by atoms with Crippen LogP contribution in [0.2, 0.25) is 0 Å². The van der Waals surface area contributed by atoms with Crippen molar-refractivity contribution < 1.29 is 20.1 Å². The molecule has 32 heavy (non-hydrogen) atoms. The SMILES string of the molecule is CC(C)(C)c1cc(CCC(=O)N(CCO)CCO)cc(N2CN2c2ccccc2N)c1O. The Labute approximate surface area is 189 Å². The van der Waals surface area contributed by atoms with Gasteiger partial charge in [-0.25, -0.2) is 0 Å². The second-order valence-corrected chi connectivity index (χ2v) is 9.09. The minimum Gasteiger partial charge on any atom is -0.505 e. The van der Waals surface area contributed by atoms with E-state index in [-0.39, 0.29) is 49.8 Å². The van der Waals surface area contributed by atoms with Gasteiger partial charge < -0.3 is 26.0 Å². The third kappa shape index (κ3) is 5.26.